The summed E-state index contributed by atoms with van der Waals surface area (Å²) in [6.45, 7) is 2.45. The van der Waals surface area contributed by atoms with Gasteiger partial charge in [0.05, 0.1) is 10.2 Å². The van der Waals surface area contributed by atoms with Crippen LogP contribution in [0.1, 0.15) is 11.1 Å². The molecule has 0 aliphatic heterocycles. The lowest BCUT2D eigenvalue weighted by atomic mass is 10.2. The van der Waals surface area contributed by atoms with Crippen LogP contribution in [-0.2, 0) is 11.4 Å². The van der Waals surface area contributed by atoms with Gasteiger partial charge in [0.15, 0.2) is 11.7 Å². The Morgan fingerprint density at radius 3 is 2.45 bits per heavy atom. The van der Waals surface area contributed by atoms with Crippen molar-refractivity contribution in [2.45, 2.75) is 13.5 Å². The van der Waals surface area contributed by atoms with E-state index in [0.717, 1.165) is 21.5 Å². The van der Waals surface area contributed by atoms with Gasteiger partial charge in [-0.05, 0) is 54.4 Å². The van der Waals surface area contributed by atoms with Crippen LogP contribution in [0.25, 0.3) is 10.2 Å². The van der Waals surface area contributed by atoms with Gasteiger partial charge >= 0.3 is 0 Å². The number of aromatic nitrogens is 1. The lowest BCUT2D eigenvalue weighted by molar-refractivity contribution is -0.118. The van der Waals surface area contributed by atoms with Crippen LogP contribution in [0.2, 0.25) is 0 Å². The number of anilines is 1. The molecule has 0 spiro atoms. The van der Waals surface area contributed by atoms with Crippen molar-refractivity contribution in [3.63, 3.8) is 0 Å². The summed E-state index contributed by atoms with van der Waals surface area (Å²) in [5.41, 5.74) is 3.15. The van der Waals surface area contributed by atoms with Gasteiger partial charge in [-0.1, -0.05) is 47.7 Å². The average Bonchev–Trinajstić information content (AvgIpc) is 3.13. The molecule has 3 aromatic carbocycles. The largest absolute Gasteiger partial charge is 0.489 e. The topological polar surface area (TPSA) is 60.5 Å². The molecule has 0 atom stereocenters. The second kappa shape index (κ2) is 8.75. The summed E-state index contributed by atoms with van der Waals surface area (Å²) in [6, 6.07) is 23.2. The van der Waals surface area contributed by atoms with Crippen molar-refractivity contribution in [3.8, 4) is 11.5 Å². The number of benzene rings is 3. The Morgan fingerprint density at radius 2 is 1.69 bits per heavy atom. The van der Waals surface area contributed by atoms with Crippen LogP contribution in [0.15, 0.2) is 72.8 Å². The number of hydrogen-bond acceptors (Lipinski definition) is 5. The van der Waals surface area contributed by atoms with Crippen molar-refractivity contribution in [2.24, 2.45) is 0 Å². The fourth-order valence-electron chi connectivity index (χ4n) is 2.76. The van der Waals surface area contributed by atoms with Crippen LogP contribution in [0.4, 0.5) is 5.13 Å². The number of rotatable bonds is 7. The minimum Gasteiger partial charge on any atom is -0.489 e. The minimum absolute atomic E-state index is 0.0842. The van der Waals surface area contributed by atoms with Gasteiger partial charge < -0.3 is 9.47 Å². The van der Waals surface area contributed by atoms with Gasteiger partial charge in [0.1, 0.15) is 18.1 Å². The molecule has 1 heterocycles. The third-order valence-electron chi connectivity index (χ3n) is 4.23. The van der Waals surface area contributed by atoms with Gasteiger partial charge in [-0.3, -0.25) is 10.1 Å². The van der Waals surface area contributed by atoms with Crippen molar-refractivity contribution < 1.29 is 14.3 Å². The number of carbonyl (C=O) groups is 1. The lowest BCUT2D eigenvalue weighted by Crippen LogP contribution is -2.19. The van der Waals surface area contributed by atoms with E-state index < -0.39 is 0 Å². The Labute approximate surface area is 172 Å². The third kappa shape index (κ3) is 5.12. The van der Waals surface area contributed by atoms with E-state index in [0.29, 0.717) is 17.5 Å². The first-order valence-corrected chi connectivity index (χ1v) is 10.0. The van der Waals surface area contributed by atoms with Crippen LogP contribution in [0.3, 0.4) is 0 Å². The number of ether oxygens (including phenoxy) is 2. The Balaban J connectivity index is 1.27. The van der Waals surface area contributed by atoms with Gasteiger partial charge in [-0.2, -0.15) is 0 Å². The molecule has 0 bridgehead atoms. The summed E-state index contributed by atoms with van der Waals surface area (Å²) in [6.07, 6.45) is 0. The summed E-state index contributed by atoms with van der Waals surface area (Å²) in [4.78, 5) is 16.6. The fraction of sp³-hybridized carbons (Fsp3) is 0.130. The SMILES string of the molecule is Cc1ccc2nc(NC(=O)COc3ccc(OCc4ccccc4)cc3)sc2c1. The molecule has 0 aliphatic carbocycles. The van der Waals surface area contributed by atoms with E-state index in [2.05, 4.69) is 16.4 Å². The molecule has 1 N–H and O–H groups in total. The first kappa shape index (κ1) is 19.0. The molecule has 1 amide bonds. The highest BCUT2D eigenvalue weighted by atomic mass is 32.1. The summed E-state index contributed by atoms with van der Waals surface area (Å²) >= 11 is 1.45. The van der Waals surface area contributed by atoms with Crippen LogP contribution in [-0.4, -0.2) is 17.5 Å². The van der Waals surface area contributed by atoms with Gasteiger partial charge in [-0.25, -0.2) is 4.98 Å². The average molecular weight is 404 g/mol. The van der Waals surface area contributed by atoms with Crippen molar-refractivity contribution in [3.05, 3.63) is 83.9 Å². The molecular formula is C23H20N2O3S. The molecule has 0 fully saturated rings. The predicted molar refractivity (Wildman–Crippen MR) is 116 cm³/mol. The van der Waals surface area contributed by atoms with Crippen LogP contribution in [0, 0.1) is 6.92 Å². The van der Waals surface area contributed by atoms with Gasteiger partial charge in [0, 0.05) is 0 Å². The van der Waals surface area contributed by atoms with Crippen molar-refractivity contribution in [1.29, 1.82) is 0 Å². The zero-order chi connectivity index (χ0) is 20.1. The monoisotopic (exact) mass is 404 g/mol. The molecule has 5 nitrogen and oxygen atoms in total. The zero-order valence-electron chi connectivity index (χ0n) is 15.9. The molecule has 0 radical (unpaired) electrons. The highest BCUT2D eigenvalue weighted by Crippen LogP contribution is 2.26. The van der Waals surface area contributed by atoms with E-state index in [-0.39, 0.29) is 12.5 Å². The molecule has 4 aromatic rings. The standard InChI is InChI=1S/C23H20N2O3S/c1-16-7-12-20-21(13-16)29-23(24-20)25-22(26)15-28-19-10-8-18(9-11-19)27-14-17-5-3-2-4-6-17/h2-13H,14-15H2,1H3,(H,24,25,26). The van der Waals surface area contributed by atoms with E-state index in [4.69, 9.17) is 9.47 Å². The summed E-state index contributed by atoms with van der Waals surface area (Å²) < 4.78 is 12.4. The number of thiazole rings is 1. The highest BCUT2D eigenvalue weighted by molar-refractivity contribution is 7.22. The van der Waals surface area contributed by atoms with Crippen molar-refractivity contribution in [2.75, 3.05) is 11.9 Å². The predicted octanol–water partition coefficient (Wildman–Crippen LogP) is 5.20. The maximum Gasteiger partial charge on any atom is 0.264 e. The number of nitrogens with one attached hydrogen (secondary N) is 1. The van der Waals surface area contributed by atoms with Crippen LogP contribution >= 0.6 is 11.3 Å². The maximum atomic E-state index is 12.2. The molecule has 146 valence electrons. The molecule has 0 aliphatic rings. The van der Waals surface area contributed by atoms with Gasteiger partial charge in [-0.15, -0.1) is 0 Å². The number of aryl methyl sites for hydroxylation is 1. The molecule has 0 saturated heterocycles. The second-order valence-electron chi connectivity index (χ2n) is 6.57. The third-order valence-corrected chi connectivity index (χ3v) is 5.17. The molecule has 0 unspecified atom stereocenters. The summed E-state index contributed by atoms with van der Waals surface area (Å²) in [5.74, 6) is 1.10. The van der Waals surface area contributed by atoms with E-state index >= 15 is 0 Å². The number of fused-ring (bicyclic) bond motifs is 1. The Bertz CT molecular complexity index is 1110. The number of amides is 1. The molecule has 4 rings (SSSR count). The molecule has 1 aromatic heterocycles. The molecular weight excluding hydrogens is 384 g/mol. The quantitative estimate of drug-likeness (QED) is 0.460. The highest BCUT2D eigenvalue weighted by Gasteiger charge is 2.09. The summed E-state index contributed by atoms with van der Waals surface area (Å²) in [7, 11) is 0. The van der Waals surface area contributed by atoms with E-state index in [1.165, 1.54) is 16.9 Å². The molecule has 6 heteroatoms. The smallest absolute Gasteiger partial charge is 0.264 e. The van der Waals surface area contributed by atoms with Crippen LogP contribution < -0.4 is 14.8 Å². The van der Waals surface area contributed by atoms with Gasteiger partial charge in [0.25, 0.3) is 5.91 Å². The van der Waals surface area contributed by atoms with Crippen LogP contribution in [0.5, 0.6) is 11.5 Å². The fourth-order valence-corrected chi connectivity index (χ4v) is 3.74. The number of carbonyl (C=O) groups excluding carboxylic acids is 1. The Morgan fingerprint density at radius 1 is 0.966 bits per heavy atom. The molecule has 0 saturated carbocycles. The number of hydrogen-bond donors (Lipinski definition) is 1. The first-order valence-electron chi connectivity index (χ1n) is 9.22. The van der Waals surface area contributed by atoms with Crippen molar-refractivity contribution >= 4 is 32.6 Å². The zero-order valence-corrected chi connectivity index (χ0v) is 16.7. The molecule has 29 heavy (non-hydrogen) atoms. The normalized spacial score (nSPS) is 10.7. The van der Waals surface area contributed by atoms with Crippen molar-refractivity contribution in [1.82, 2.24) is 4.98 Å². The van der Waals surface area contributed by atoms with E-state index in [9.17, 15) is 4.79 Å². The minimum atomic E-state index is -0.245. The maximum absolute atomic E-state index is 12.2. The van der Waals surface area contributed by atoms with E-state index in [1.54, 1.807) is 12.1 Å². The lowest BCUT2D eigenvalue weighted by Gasteiger charge is -2.08. The second-order valence-corrected chi connectivity index (χ2v) is 7.60. The van der Waals surface area contributed by atoms with E-state index in [1.807, 2.05) is 61.5 Å². The Hall–Kier alpha value is -3.38. The van der Waals surface area contributed by atoms with Gasteiger partial charge in [0.2, 0.25) is 0 Å². The number of nitrogens with zero attached hydrogens (tertiary/aromatic N) is 1. The first-order chi connectivity index (χ1) is 14.2. The summed E-state index contributed by atoms with van der Waals surface area (Å²) in [5, 5.41) is 3.36. The Kier molecular flexibility index (Phi) is 5.72.